The summed E-state index contributed by atoms with van der Waals surface area (Å²) in [5, 5.41) is 5.03. The van der Waals surface area contributed by atoms with Gasteiger partial charge in [-0.05, 0) is 57.9 Å². The Balaban J connectivity index is 1.65. The molecule has 0 saturated carbocycles. The molecule has 0 radical (unpaired) electrons. The molecule has 1 aliphatic heterocycles. The molecule has 110 valence electrons. The molecule has 1 saturated heterocycles. The molecule has 0 aliphatic carbocycles. The molecule has 2 aromatic rings. The van der Waals surface area contributed by atoms with Crippen LogP contribution in [0.1, 0.15) is 29.3 Å². The van der Waals surface area contributed by atoms with Gasteiger partial charge in [-0.15, -0.1) is 11.3 Å². The summed E-state index contributed by atoms with van der Waals surface area (Å²) >= 11 is 5.13. The first kappa shape index (κ1) is 14.5. The monoisotopic (exact) mass is 365 g/mol. The lowest BCUT2D eigenvalue weighted by atomic mass is 10.1. The van der Waals surface area contributed by atoms with Crippen LogP contribution in [0.4, 0.5) is 4.79 Å². The molecule has 1 atom stereocenters. The van der Waals surface area contributed by atoms with Crippen LogP contribution >= 0.6 is 27.3 Å². The standard InChI is InChI=1S/C15H16BrN3OS/c16-12-5-9-21-14(12)10-18-15(20)19-8-1-2-13(19)11-3-6-17-7-4-11/h3-7,9,13H,1-2,8,10H2,(H,18,20)/t13-/m0/s1. The molecular weight excluding hydrogens is 350 g/mol. The van der Waals surface area contributed by atoms with Crippen molar-refractivity contribution >= 4 is 33.3 Å². The Morgan fingerprint density at radius 2 is 2.24 bits per heavy atom. The van der Waals surface area contributed by atoms with Gasteiger partial charge in [0.25, 0.3) is 0 Å². The van der Waals surface area contributed by atoms with Gasteiger partial charge in [0.2, 0.25) is 0 Å². The number of aromatic nitrogens is 1. The lowest BCUT2D eigenvalue weighted by Gasteiger charge is -2.25. The Bertz CT molecular complexity index is 616. The highest BCUT2D eigenvalue weighted by Gasteiger charge is 2.29. The molecule has 3 heterocycles. The van der Waals surface area contributed by atoms with E-state index in [0.29, 0.717) is 6.54 Å². The normalized spacial score (nSPS) is 18.0. The Morgan fingerprint density at radius 3 is 2.95 bits per heavy atom. The molecule has 3 rings (SSSR count). The highest BCUT2D eigenvalue weighted by molar-refractivity contribution is 9.10. The van der Waals surface area contributed by atoms with E-state index in [1.165, 1.54) is 0 Å². The van der Waals surface area contributed by atoms with Gasteiger partial charge in [-0.2, -0.15) is 0 Å². The summed E-state index contributed by atoms with van der Waals surface area (Å²) < 4.78 is 1.06. The average molecular weight is 366 g/mol. The number of carbonyl (C=O) groups is 1. The number of carbonyl (C=O) groups excluding carboxylic acids is 1. The lowest BCUT2D eigenvalue weighted by Crippen LogP contribution is -2.39. The zero-order valence-electron chi connectivity index (χ0n) is 11.5. The van der Waals surface area contributed by atoms with Crippen molar-refractivity contribution in [2.45, 2.75) is 25.4 Å². The van der Waals surface area contributed by atoms with Crippen LogP contribution in [0, 0.1) is 0 Å². The molecule has 1 N–H and O–H groups in total. The first-order valence-electron chi connectivity index (χ1n) is 6.92. The molecule has 21 heavy (non-hydrogen) atoms. The first-order chi connectivity index (χ1) is 10.3. The predicted molar refractivity (Wildman–Crippen MR) is 87.2 cm³/mol. The van der Waals surface area contributed by atoms with Crippen LogP contribution in [-0.2, 0) is 6.54 Å². The minimum atomic E-state index is 0.00890. The SMILES string of the molecule is O=C(NCc1sccc1Br)N1CCC[C@H]1c1ccncc1. The van der Waals surface area contributed by atoms with Crippen LogP contribution in [-0.4, -0.2) is 22.5 Å². The van der Waals surface area contributed by atoms with Gasteiger partial charge in [-0.1, -0.05) is 0 Å². The second kappa shape index (κ2) is 6.58. The quantitative estimate of drug-likeness (QED) is 0.894. The summed E-state index contributed by atoms with van der Waals surface area (Å²) in [4.78, 5) is 19.5. The van der Waals surface area contributed by atoms with Crippen LogP contribution in [0.3, 0.4) is 0 Å². The zero-order chi connectivity index (χ0) is 14.7. The Hall–Kier alpha value is -1.40. The number of halogens is 1. The maximum absolute atomic E-state index is 12.4. The highest BCUT2D eigenvalue weighted by Crippen LogP contribution is 2.31. The second-order valence-electron chi connectivity index (χ2n) is 4.98. The topological polar surface area (TPSA) is 45.2 Å². The Kier molecular flexibility index (Phi) is 4.55. The van der Waals surface area contributed by atoms with E-state index in [1.54, 1.807) is 23.7 Å². The van der Waals surface area contributed by atoms with Crippen LogP contribution in [0.2, 0.25) is 0 Å². The summed E-state index contributed by atoms with van der Waals surface area (Å²) in [7, 11) is 0. The number of nitrogens with one attached hydrogen (secondary N) is 1. The number of hydrogen-bond donors (Lipinski definition) is 1. The molecule has 2 amide bonds. The van der Waals surface area contributed by atoms with Gasteiger partial charge >= 0.3 is 6.03 Å². The third-order valence-corrected chi connectivity index (χ3v) is 5.62. The molecule has 6 heteroatoms. The number of nitrogens with zero attached hydrogens (tertiary/aromatic N) is 2. The molecule has 4 nitrogen and oxygen atoms in total. The van der Waals surface area contributed by atoms with Gasteiger partial charge in [-0.25, -0.2) is 4.79 Å². The zero-order valence-corrected chi connectivity index (χ0v) is 13.9. The van der Waals surface area contributed by atoms with Gasteiger partial charge in [0, 0.05) is 28.3 Å². The molecule has 0 unspecified atom stereocenters. The van der Waals surface area contributed by atoms with Gasteiger partial charge < -0.3 is 10.2 Å². The van der Waals surface area contributed by atoms with Crippen molar-refractivity contribution < 1.29 is 4.79 Å². The van der Waals surface area contributed by atoms with E-state index >= 15 is 0 Å². The maximum Gasteiger partial charge on any atom is 0.318 e. The number of amides is 2. The van der Waals surface area contributed by atoms with Gasteiger partial charge in [0.1, 0.15) is 0 Å². The minimum absolute atomic E-state index is 0.00890. The van der Waals surface area contributed by atoms with E-state index in [2.05, 4.69) is 26.2 Å². The molecule has 1 aliphatic rings. The molecular formula is C15H16BrN3OS. The fourth-order valence-electron chi connectivity index (χ4n) is 2.65. The first-order valence-corrected chi connectivity index (χ1v) is 8.59. The summed E-state index contributed by atoms with van der Waals surface area (Å²) in [6.07, 6.45) is 5.63. The number of urea groups is 1. The van der Waals surface area contributed by atoms with Crippen molar-refractivity contribution in [3.8, 4) is 0 Å². The summed E-state index contributed by atoms with van der Waals surface area (Å²) in [5.74, 6) is 0. The molecule has 0 bridgehead atoms. The van der Waals surface area contributed by atoms with Crippen molar-refractivity contribution in [3.63, 3.8) is 0 Å². The largest absolute Gasteiger partial charge is 0.333 e. The number of pyridine rings is 1. The molecule has 2 aromatic heterocycles. The summed E-state index contributed by atoms with van der Waals surface area (Å²) in [6, 6.07) is 6.16. The molecule has 0 aromatic carbocycles. The van der Waals surface area contributed by atoms with E-state index < -0.39 is 0 Å². The second-order valence-corrected chi connectivity index (χ2v) is 6.84. The number of thiophene rings is 1. The third kappa shape index (κ3) is 3.27. The number of hydrogen-bond acceptors (Lipinski definition) is 3. The third-order valence-electron chi connectivity index (χ3n) is 3.70. The van der Waals surface area contributed by atoms with Gasteiger partial charge in [-0.3, -0.25) is 4.98 Å². The lowest BCUT2D eigenvalue weighted by molar-refractivity contribution is 0.192. The predicted octanol–water partition coefficient (Wildman–Crippen LogP) is 3.95. The highest BCUT2D eigenvalue weighted by atomic mass is 79.9. The number of rotatable bonds is 3. The van der Waals surface area contributed by atoms with E-state index in [-0.39, 0.29) is 12.1 Å². The Labute approximate surface area is 136 Å². The molecule has 1 fully saturated rings. The van der Waals surface area contributed by atoms with Crippen molar-refractivity contribution in [1.29, 1.82) is 0 Å². The summed E-state index contributed by atoms with van der Waals surface area (Å²) in [6.45, 7) is 1.38. The van der Waals surface area contributed by atoms with Crippen molar-refractivity contribution in [2.75, 3.05) is 6.54 Å². The van der Waals surface area contributed by atoms with E-state index in [9.17, 15) is 4.79 Å². The van der Waals surface area contributed by atoms with Gasteiger partial charge in [0.15, 0.2) is 0 Å². The van der Waals surface area contributed by atoms with Crippen molar-refractivity contribution in [3.05, 3.63) is 50.9 Å². The molecule has 0 spiro atoms. The Morgan fingerprint density at radius 1 is 1.43 bits per heavy atom. The number of likely N-dealkylation sites (tertiary alicyclic amines) is 1. The smallest absolute Gasteiger partial charge is 0.318 e. The van der Waals surface area contributed by atoms with Crippen molar-refractivity contribution in [1.82, 2.24) is 15.2 Å². The van der Waals surface area contributed by atoms with Crippen LogP contribution < -0.4 is 5.32 Å². The van der Waals surface area contributed by atoms with Crippen molar-refractivity contribution in [2.24, 2.45) is 0 Å². The van der Waals surface area contributed by atoms with Crippen LogP contribution in [0.5, 0.6) is 0 Å². The van der Waals surface area contributed by atoms with E-state index in [1.807, 2.05) is 28.5 Å². The van der Waals surface area contributed by atoms with Crippen LogP contribution in [0.15, 0.2) is 40.4 Å². The summed E-state index contributed by atoms with van der Waals surface area (Å²) in [5.41, 5.74) is 1.16. The van der Waals surface area contributed by atoms with E-state index in [0.717, 1.165) is 34.3 Å². The fourth-order valence-corrected chi connectivity index (χ4v) is 4.08. The van der Waals surface area contributed by atoms with Crippen LogP contribution in [0.25, 0.3) is 0 Å². The van der Waals surface area contributed by atoms with Gasteiger partial charge in [0.05, 0.1) is 12.6 Å². The average Bonchev–Trinajstić information content (AvgIpc) is 3.15. The fraction of sp³-hybridized carbons (Fsp3) is 0.333. The van der Waals surface area contributed by atoms with E-state index in [4.69, 9.17) is 0 Å². The maximum atomic E-state index is 12.4. The minimum Gasteiger partial charge on any atom is -0.333 e.